The number of aliphatic hydroxyl groups is 1. The van der Waals surface area contributed by atoms with Crippen molar-refractivity contribution in [2.45, 2.75) is 68.9 Å². The van der Waals surface area contributed by atoms with Crippen LogP contribution in [0.2, 0.25) is 0 Å². The Bertz CT molecular complexity index is 939. The van der Waals surface area contributed by atoms with Crippen LogP contribution in [0.15, 0.2) is 48.5 Å². The molecule has 6 rings (SSSR count). The first-order valence-corrected chi connectivity index (χ1v) is 11.9. The van der Waals surface area contributed by atoms with Gasteiger partial charge in [-0.2, -0.15) is 0 Å². The highest BCUT2D eigenvalue weighted by atomic mass is 16.3. The summed E-state index contributed by atoms with van der Waals surface area (Å²) >= 11 is 0. The third-order valence-corrected chi connectivity index (χ3v) is 8.94. The number of phenolic OH excluding ortho intramolecular Hbond substituents is 1. The predicted octanol–water partition coefficient (Wildman–Crippen LogP) is 4.44. The van der Waals surface area contributed by atoms with Gasteiger partial charge in [0.1, 0.15) is 5.75 Å². The monoisotopic (exact) mass is 403 g/mol. The fourth-order valence-corrected chi connectivity index (χ4v) is 7.47. The van der Waals surface area contributed by atoms with Crippen molar-refractivity contribution in [3.63, 3.8) is 0 Å². The van der Waals surface area contributed by atoms with Gasteiger partial charge in [-0.15, -0.1) is 0 Å². The smallest absolute Gasteiger partial charge is 0.115 e. The number of rotatable bonds is 4. The molecule has 2 aromatic rings. The zero-order valence-electron chi connectivity index (χ0n) is 17.8. The quantitative estimate of drug-likeness (QED) is 0.793. The molecule has 0 radical (unpaired) electrons. The summed E-state index contributed by atoms with van der Waals surface area (Å²) in [6.45, 7) is 2.37. The molecule has 3 nitrogen and oxygen atoms in total. The van der Waals surface area contributed by atoms with Gasteiger partial charge in [0.05, 0.1) is 6.10 Å². The first kappa shape index (κ1) is 18.9. The summed E-state index contributed by atoms with van der Waals surface area (Å²) < 4.78 is 0. The summed E-state index contributed by atoms with van der Waals surface area (Å²) in [7, 11) is 0. The standard InChI is InChI=1S/C27H33NO2/c29-22-9-8-21-14-25-27(16-19-4-2-1-3-5-19)11-10-23(30)17-26(27,24(21)15-22)12-13-28(25)18-20-6-7-20/h1-5,8-9,15,20,23,25,29-30H,6-7,10-14,16-18H2/t23?,25-,26-,27-/m1/s1. The summed E-state index contributed by atoms with van der Waals surface area (Å²) in [5.41, 5.74) is 4.23. The Balaban J connectivity index is 1.53. The van der Waals surface area contributed by atoms with Crippen LogP contribution in [0.1, 0.15) is 55.2 Å². The molecule has 2 bridgehead atoms. The van der Waals surface area contributed by atoms with E-state index in [1.165, 1.54) is 36.1 Å². The van der Waals surface area contributed by atoms with E-state index in [0.717, 1.165) is 51.0 Å². The summed E-state index contributed by atoms with van der Waals surface area (Å²) in [6.07, 6.45) is 8.60. The number of piperidine rings is 1. The van der Waals surface area contributed by atoms with Crippen LogP contribution in [-0.4, -0.2) is 40.3 Å². The predicted molar refractivity (Wildman–Crippen MR) is 119 cm³/mol. The van der Waals surface area contributed by atoms with Gasteiger partial charge in [-0.3, -0.25) is 4.90 Å². The molecule has 2 N–H and O–H groups in total. The molecule has 2 saturated carbocycles. The molecular weight excluding hydrogens is 370 g/mol. The molecule has 158 valence electrons. The van der Waals surface area contributed by atoms with Gasteiger partial charge in [0.15, 0.2) is 0 Å². The number of fused-ring (bicyclic) bond motifs is 1. The van der Waals surface area contributed by atoms with Gasteiger partial charge in [0.25, 0.3) is 0 Å². The molecular formula is C27H33NO2. The highest BCUT2D eigenvalue weighted by Crippen LogP contribution is 2.64. The van der Waals surface area contributed by atoms with Gasteiger partial charge in [-0.25, -0.2) is 0 Å². The molecule has 3 heteroatoms. The van der Waals surface area contributed by atoms with E-state index in [2.05, 4.69) is 41.3 Å². The van der Waals surface area contributed by atoms with Crippen molar-refractivity contribution in [1.29, 1.82) is 0 Å². The second-order valence-corrected chi connectivity index (χ2v) is 10.5. The van der Waals surface area contributed by atoms with E-state index in [9.17, 15) is 10.2 Å². The van der Waals surface area contributed by atoms with Crippen LogP contribution >= 0.6 is 0 Å². The average Bonchev–Trinajstić information content (AvgIpc) is 3.56. The highest BCUT2D eigenvalue weighted by Gasteiger charge is 2.64. The normalized spacial score (nSPS) is 35.5. The lowest BCUT2D eigenvalue weighted by molar-refractivity contribution is -0.122. The third kappa shape index (κ3) is 2.78. The maximum absolute atomic E-state index is 10.9. The number of phenols is 1. The van der Waals surface area contributed by atoms with E-state index in [1.807, 2.05) is 12.1 Å². The maximum Gasteiger partial charge on any atom is 0.115 e. The number of hydrogen-bond donors (Lipinski definition) is 2. The molecule has 0 amide bonds. The van der Waals surface area contributed by atoms with E-state index in [0.29, 0.717) is 11.8 Å². The molecule has 1 saturated heterocycles. The molecule has 4 atom stereocenters. The zero-order chi connectivity index (χ0) is 20.3. The Morgan fingerprint density at radius 2 is 1.83 bits per heavy atom. The fourth-order valence-electron chi connectivity index (χ4n) is 7.47. The minimum atomic E-state index is -0.238. The molecule has 1 aliphatic heterocycles. The topological polar surface area (TPSA) is 43.7 Å². The van der Waals surface area contributed by atoms with E-state index in [1.54, 1.807) is 0 Å². The Morgan fingerprint density at radius 1 is 1.00 bits per heavy atom. The van der Waals surface area contributed by atoms with Crippen LogP contribution in [-0.2, 0) is 18.3 Å². The number of benzene rings is 2. The Kier molecular flexibility index (Phi) is 4.30. The fraction of sp³-hybridized carbons (Fsp3) is 0.556. The van der Waals surface area contributed by atoms with Crippen molar-refractivity contribution in [3.8, 4) is 5.75 Å². The lowest BCUT2D eigenvalue weighted by Crippen LogP contribution is -2.70. The second kappa shape index (κ2) is 6.83. The number of nitrogens with zero attached hydrogens (tertiary/aromatic N) is 1. The van der Waals surface area contributed by atoms with E-state index in [-0.39, 0.29) is 16.9 Å². The van der Waals surface area contributed by atoms with Crippen LogP contribution in [0.5, 0.6) is 5.75 Å². The molecule has 1 unspecified atom stereocenters. The average molecular weight is 404 g/mol. The Hall–Kier alpha value is -1.84. The zero-order valence-corrected chi connectivity index (χ0v) is 17.8. The molecule has 3 fully saturated rings. The van der Waals surface area contributed by atoms with Crippen molar-refractivity contribution in [1.82, 2.24) is 4.90 Å². The van der Waals surface area contributed by atoms with Crippen LogP contribution in [0.25, 0.3) is 0 Å². The van der Waals surface area contributed by atoms with E-state index in [4.69, 9.17) is 0 Å². The van der Waals surface area contributed by atoms with Crippen LogP contribution in [0.3, 0.4) is 0 Å². The van der Waals surface area contributed by atoms with Gasteiger partial charge in [-0.05, 0) is 92.7 Å². The minimum Gasteiger partial charge on any atom is -0.508 e. The van der Waals surface area contributed by atoms with E-state index >= 15 is 0 Å². The maximum atomic E-state index is 10.9. The van der Waals surface area contributed by atoms with Gasteiger partial charge in [-0.1, -0.05) is 36.4 Å². The highest BCUT2D eigenvalue weighted by molar-refractivity contribution is 5.48. The minimum absolute atomic E-state index is 0.0441. The summed E-state index contributed by atoms with van der Waals surface area (Å²) in [5.74, 6) is 1.26. The van der Waals surface area contributed by atoms with Crippen LogP contribution in [0, 0.1) is 11.3 Å². The van der Waals surface area contributed by atoms with Gasteiger partial charge < -0.3 is 10.2 Å². The first-order chi connectivity index (χ1) is 14.6. The number of aliphatic hydroxyl groups excluding tert-OH is 1. The number of aromatic hydroxyl groups is 1. The first-order valence-electron chi connectivity index (χ1n) is 11.9. The van der Waals surface area contributed by atoms with Crippen molar-refractivity contribution in [2.75, 3.05) is 13.1 Å². The van der Waals surface area contributed by atoms with Gasteiger partial charge in [0, 0.05) is 23.4 Å². The lowest BCUT2D eigenvalue weighted by Gasteiger charge is -2.67. The summed E-state index contributed by atoms with van der Waals surface area (Å²) in [6, 6.07) is 17.6. The van der Waals surface area contributed by atoms with Crippen molar-refractivity contribution >= 4 is 0 Å². The Labute approximate surface area is 179 Å². The summed E-state index contributed by atoms with van der Waals surface area (Å²) in [4.78, 5) is 2.83. The molecule has 2 aromatic carbocycles. The van der Waals surface area contributed by atoms with Crippen molar-refractivity contribution < 1.29 is 10.2 Å². The SMILES string of the molecule is Oc1ccc2c(c1)[C@]13CCN(CC4CC4)[C@H](C2)[C@]1(Cc1ccccc1)CCC(O)C3. The van der Waals surface area contributed by atoms with Gasteiger partial charge in [0.2, 0.25) is 0 Å². The Morgan fingerprint density at radius 3 is 2.63 bits per heavy atom. The molecule has 3 aliphatic carbocycles. The lowest BCUT2D eigenvalue weighted by atomic mass is 9.42. The van der Waals surface area contributed by atoms with Crippen LogP contribution in [0.4, 0.5) is 0 Å². The molecule has 30 heavy (non-hydrogen) atoms. The molecule has 1 heterocycles. The van der Waals surface area contributed by atoms with Crippen molar-refractivity contribution in [2.24, 2.45) is 11.3 Å². The second-order valence-electron chi connectivity index (χ2n) is 10.5. The van der Waals surface area contributed by atoms with Crippen molar-refractivity contribution in [3.05, 3.63) is 65.2 Å². The van der Waals surface area contributed by atoms with Crippen LogP contribution < -0.4 is 0 Å². The number of likely N-dealkylation sites (tertiary alicyclic amines) is 1. The van der Waals surface area contributed by atoms with E-state index < -0.39 is 0 Å². The van der Waals surface area contributed by atoms with Gasteiger partial charge >= 0.3 is 0 Å². The molecule has 0 aromatic heterocycles. The number of hydrogen-bond acceptors (Lipinski definition) is 3. The third-order valence-electron chi connectivity index (χ3n) is 8.94. The largest absolute Gasteiger partial charge is 0.508 e. The molecule has 4 aliphatic rings. The summed E-state index contributed by atoms with van der Waals surface area (Å²) in [5, 5.41) is 21.3. The molecule has 0 spiro atoms.